The highest BCUT2D eigenvalue weighted by Crippen LogP contribution is 2.42. The number of hydrogen-bond donors (Lipinski definition) is 1. The Labute approximate surface area is 163 Å². The van der Waals surface area contributed by atoms with Crippen LogP contribution >= 0.6 is 11.8 Å². The summed E-state index contributed by atoms with van der Waals surface area (Å²) in [5.74, 6) is 0.204. The lowest BCUT2D eigenvalue weighted by atomic mass is 10.2. The number of nitrogens with one attached hydrogen (secondary N) is 1. The third kappa shape index (κ3) is 4.02. The molecule has 2 aliphatic rings. The quantitative estimate of drug-likeness (QED) is 0.830. The lowest BCUT2D eigenvalue weighted by Gasteiger charge is -2.33. The van der Waals surface area contributed by atoms with E-state index in [0.29, 0.717) is 17.9 Å². The van der Waals surface area contributed by atoms with E-state index in [1.54, 1.807) is 53.2 Å². The Hall–Kier alpha value is -1.90. The maximum absolute atomic E-state index is 12.7. The van der Waals surface area contributed by atoms with E-state index in [2.05, 4.69) is 16.6 Å². The Morgan fingerprint density at radius 1 is 1.30 bits per heavy atom. The smallest absolute Gasteiger partial charge is 0.240 e. The van der Waals surface area contributed by atoms with E-state index < -0.39 is 10.0 Å². The molecule has 1 aliphatic heterocycles. The van der Waals surface area contributed by atoms with Gasteiger partial charge in [-0.25, -0.2) is 13.1 Å². The van der Waals surface area contributed by atoms with Crippen molar-refractivity contribution < 1.29 is 13.2 Å². The van der Waals surface area contributed by atoms with E-state index in [0.717, 1.165) is 17.7 Å². The van der Waals surface area contributed by atoms with Crippen molar-refractivity contribution in [1.29, 1.82) is 0 Å². The van der Waals surface area contributed by atoms with Crippen molar-refractivity contribution in [2.45, 2.75) is 41.4 Å². The highest BCUT2D eigenvalue weighted by atomic mass is 32.2. The number of amides is 1. The van der Waals surface area contributed by atoms with E-state index in [1.807, 2.05) is 6.07 Å². The second kappa shape index (κ2) is 7.26. The summed E-state index contributed by atoms with van der Waals surface area (Å²) in [4.78, 5) is 19.7. The summed E-state index contributed by atoms with van der Waals surface area (Å²) in [5.41, 5.74) is 1.35. The summed E-state index contributed by atoms with van der Waals surface area (Å²) in [7, 11) is -3.70. The number of fused-ring (bicyclic) bond motifs is 1. The zero-order valence-corrected chi connectivity index (χ0v) is 16.6. The molecule has 142 valence electrons. The molecule has 0 bridgehead atoms. The number of carbonyl (C=O) groups excluding carboxylic acids is 1. The van der Waals surface area contributed by atoms with Crippen molar-refractivity contribution in [3.05, 3.63) is 48.3 Å². The number of pyridine rings is 1. The fraction of sp³-hybridized carbons (Fsp3) is 0.368. The first-order valence-electron chi connectivity index (χ1n) is 8.96. The van der Waals surface area contributed by atoms with Gasteiger partial charge in [-0.2, -0.15) is 0 Å². The fourth-order valence-corrected chi connectivity index (χ4v) is 5.21. The predicted octanol–water partition coefficient (Wildman–Crippen LogP) is 2.80. The van der Waals surface area contributed by atoms with Crippen LogP contribution in [0.5, 0.6) is 0 Å². The number of hydrogen-bond acceptors (Lipinski definition) is 5. The largest absolute Gasteiger partial charge is 0.310 e. The van der Waals surface area contributed by atoms with Crippen LogP contribution in [0.3, 0.4) is 0 Å². The summed E-state index contributed by atoms with van der Waals surface area (Å²) in [6.07, 6.45) is 3.48. The second-order valence-electron chi connectivity index (χ2n) is 6.93. The van der Waals surface area contributed by atoms with Gasteiger partial charge in [0.15, 0.2) is 0 Å². The molecule has 1 N–H and O–H groups in total. The topological polar surface area (TPSA) is 79.4 Å². The normalized spacial score (nSPS) is 19.6. The minimum atomic E-state index is -3.70. The molecule has 1 aliphatic carbocycles. The number of sulfonamides is 1. The zero-order valence-electron chi connectivity index (χ0n) is 15.0. The third-order valence-corrected chi connectivity index (χ3v) is 7.21. The van der Waals surface area contributed by atoms with Crippen molar-refractivity contribution in [1.82, 2.24) is 9.71 Å². The maximum Gasteiger partial charge on any atom is 0.240 e. The Bertz CT molecular complexity index is 959. The average molecular weight is 404 g/mol. The number of nitrogens with zero attached hydrogens (tertiary/aromatic N) is 2. The van der Waals surface area contributed by atoms with Crippen LogP contribution in [0.2, 0.25) is 0 Å². The van der Waals surface area contributed by atoms with Gasteiger partial charge < -0.3 is 4.90 Å². The van der Waals surface area contributed by atoms with Crippen LogP contribution in [0.15, 0.2) is 52.4 Å². The molecule has 1 fully saturated rings. The summed E-state index contributed by atoms with van der Waals surface area (Å²) in [6.45, 7) is 2.81. The van der Waals surface area contributed by atoms with Crippen molar-refractivity contribution >= 4 is 33.4 Å². The molecule has 1 amide bonds. The summed E-state index contributed by atoms with van der Waals surface area (Å²) in [6, 6.07) is 10.4. The van der Waals surface area contributed by atoms with E-state index in [4.69, 9.17) is 0 Å². The van der Waals surface area contributed by atoms with Crippen LogP contribution in [0, 0.1) is 5.92 Å². The van der Waals surface area contributed by atoms with Gasteiger partial charge in [0.2, 0.25) is 15.9 Å². The van der Waals surface area contributed by atoms with Gasteiger partial charge in [-0.3, -0.25) is 9.78 Å². The molecule has 0 saturated heterocycles. The first-order chi connectivity index (χ1) is 12.9. The summed E-state index contributed by atoms with van der Waals surface area (Å²) in [5, 5.41) is 0.282. The zero-order chi connectivity index (χ0) is 19.0. The fourth-order valence-electron chi connectivity index (χ4n) is 3.10. The van der Waals surface area contributed by atoms with Crippen molar-refractivity contribution in [2.24, 2.45) is 5.92 Å². The maximum atomic E-state index is 12.7. The van der Waals surface area contributed by atoms with Crippen LogP contribution in [0.1, 0.15) is 25.5 Å². The van der Waals surface area contributed by atoms with Gasteiger partial charge in [-0.15, -0.1) is 11.8 Å². The first kappa shape index (κ1) is 18.5. The van der Waals surface area contributed by atoms with E-state index in [1.165, 1.54) is 0 Å². The molecule has 4 rings (SSSR count). The van der Waals surface area contributed by atoms with Crippen molar-refractivity contribution in [3.8, 4) is 0 Å². The number of thioether (sulfide) groups is 1. The average Bonchev–Trinajstić information content (AvgIpc) is 3.51. The number of aromatic nitrogens is 1. The molecule has 0 spiro atoms. The van der Waals surface area contributed by atoms with E-state index in [9.17, 15) is 13.2 Å². The minimum Gasteiger partial charge on any atom is -0.310 e. The molecule has 1 aromatic heterocycles. The summed E-state index contributed by atoms with van der Waals surface area (Å²) >= 11 is 1.68. The van der Waals surface area contributed by atoms with Crippen LogP contribution in [0.4, 0.5) is 5.69 Å². The molecule has 2 aromatic rings. The number of carbonyl (C=O) groups is 1. The number of anilines is 1. The molecule has 2 heterocycles. The standard InChI is InChI=1S/C19H21N3O3S2/c1-13-12-22(19(23)14-5-6-14)17-10-16(7-8-18(17)26-13)27(24,25)21-11-15-4-2-3-9-20-15/h2-4,7-10,13-14,21H,5-6,11-12H2,1H3/t13-/m1/s1. The second-order valence-corrected chi connectivity index (χ2v) is 10.2. The lowest BCUT2D eigenvalue weighted by Crippen LogP contribution is -2.39. The van der Waals surface area contributed by atoms with Gasteiger partial charge in [0, 0.05) is 28.8 Å². The predicted molar refractivity (Wildman–Crippen MR) is 105 cm³/mol. The molecular weight excluding hydrogens is 382 g/mol. The number of benzene rings is 1. The molecule has 1 saturated carbocycles. The van der Waals surface area contributed by atoms with E-state index in [-0.39, 0.29) is 28.5 Å². The van der Waals surface area contributed by atoms with Gasteiger partial charge >= 0.3 is 0 Å². The van der Waals surface area contributed by atoms with Crippen LogP contribution in [0.25, 0.3) is 0 Å². The molecule has 1 atom stereocenters. The van der Waals surface area contributed by atoms with Crippen LogP contribution in [-0.4, -0.2) is 31.1 Å². The number of rotatable bonds is 5. The first-order valence-corrected chi connectivity index (χ1v) is 11.3. The van der Waals surface area contributed by atoms with Gasteiger partial charge in [-0.1, -0.05) is 13.0 Å². The van der Waals surface area contributed by atoms with Gasteiger partial charge in [0.1, 0.15) is 0 Å². The van der Waals surface area contributed by atoms with E-state index >= 15 is 0 Å². The van der Waals surface area contributed by atoms with Crippen molar-refractivity contribution in [3.63, 3.8) is 0 Å². The molecule has 27 heavy (non-hydrogen) atoms. The molecule has 8 heteroatoms. The van der Waals surface area contributed by atoms with Crippen LogP contribution in [-0.2, 0) is 21.4 Å². The monoisotopic (exact) mass is 403 g/mol. The Balaban J connectivity index is 1.60. The Morgan fingerprint density at radius 2 is 2.11 bits per heavy atom. The highest BCUT2D eigenvalue weighted by Gasteiger charge is 2.37. The van der Waals surface area contributed by atoms with Crippen molar-refractivity contribution in [2.75, 3.05) is 11.4 Å². The molecular formula is C19H21N3O3S2. The molecule has 0 radical (unpaired) electrons. The lowest BCUT2D eigenvalue weighted by molar-refractivity contribution is -0.119. The highest BCUT2D eigenvalue weighted by molar-refractivity contribution is 8.00. The van der Waals surface area contributed by atoms with Gasteiger partial charge in [0.25, 0.3) is 0 Å². The summed E-state index contributed by atoms with van der Waals surface area (Å²) < 4.78 is 28.0. The SMILES string of the molecule is C[C@@H]1CN(C(=O)C2CC2)c2cc(S(=O)(=O)NCc3ccccn3)ccc2S1. The molecule has 0 unspecified atom stereocenters. The van der Waals surface area contributed by atoms with Gasteiger partial charge in [0.05, 0.1) is 22.8 Å². The molecule has 6 nitrogen and oxygen atoms in total. The van der Waals surface area contributed by atoms with Gasteiger partial charge in [-0.05, 0) is 43.2 Å². The van der Waals surface area contributed by atoms with Crippen LogP contribution < -0.4 is 9.62 Å². The Morgan fingerprint density at radius 3 is 2.81 bits per heavy atom. The minimum absolute atomic E-state index is 0.0932. The Kier molecular flexibility index (Phi) is 4.96. The third-order valence-electron chi connectivity index (χ3n) is 4.66. The molecule has 1 aromatic carbocycles.